The number of aliphatic hydroxyl groups excluding tert-OH is 1. The second-order valence-corrected chi connectivity index (χ2v) is 3.82. The first-order valence-corrected chi connectivity index (χ1v) is 5.56. The topological polar surface area (TPSA) is 29.5 Å². The maximum atomic E-state index is 10.0. The van der Waals surface area contributed by atoms with E-state index in [0.717, 1.165) is 25.2 Å². The Labute approximate surface area is 91.9 Å². The van der Waals surface area contributed by atoms with Gasteiger partial charge in [-0.25, -0.2) is 0 Å². The van der Waals surface area contributed by atoms with Gasteiger partial charge in [0.15, 0.2) is 0 Å². The molecule has 0 radical (unpaired) electrons. The quantitative estimate of drug-likeness (QED) is 0.728. The van der Waals surface area contributed by atoms with Crippen LogP contribution in [-0.4, -0.2) is 18.3 Å². The lowest BCUT2D eigenvalue weighted by Gasteiger charge is -2.18. The van der Waals surface area contributed by atoms with E-state index in [2.05, 4.69) is 6.92 Å². The largest absolute Gasteiger partial charge is 0.388 e. The Balaban J connectivity index is 2.42. The number of rotatable bonds is 6. The number of benzene rings is 1. The molecule has 1 rings (SSSR count). The predicted octanol–water partition coefficient (Wildman–Crippen LogP) is 2.78. The Morgan fingerprint density at radius 1 is 1.27 bits per heavy atom. The molecule has 1 aromatic carbocycles. The summed E-state index contributed by atoms with van der Waals surface area (Å²) in [6.07, 6.45) is 0.510. The van der Waals surface area contributed by atoms with Crippen LogP contribution in [0.4, 0.5) is 0 Å². The molecule has 0 spiro atoms. The highest BCUT2D eigenvalue weighted by Gasteiger charge is 2.15. The fourth-order valence-corrected chi connectivity index (χ4v) is 1.55. The van der Waals surface area contributed by atoms with Crippen LogP contribution in [0.3, 0.4) is 0 Å². The third kappa shape index (κ3) is 4.02. The molecule has 0 aromatic heterocycles. The van der Waals surface area contributed by atoms with Gasteiger partial charge < -0.3 is 9.84 Å². The van der Waals surface area contributed by atoms with E-state index < -0.39 is 0 Å². The Bertz CT molecular complexity index is 258. The third-order valence-corrected chi connectivity index (χ3v) is 2.60. The van der Waals surface area contributed by atoms with Crippen LogP contribution in [0.25, 0.3) is 0 Å². The van der Waals surface area contributed by atoms with Crippen molar-refractivity contribution in [3.63, 3.8) is 0 Å². The molecule has 15 heavy (non-hydrogen) atoms. The standard InChI is InChI=1S/C13H20O2/c1-3-15-10-9-11(2)13(14)12-7-5-4-6-8-12/h4-8,11,13-14H,3,9-10H2,1-2H3. The second-order valence-electron chi connectivity index (χ2n) is 3.82. The van der Waals surface area contributed by atoms with Crippen LogP contribution in [0.2, 0.25) is 0 Å². The first-order chi connectivity index (χ1) is 7.25. The van der Waals surface area contributed by atoms with E-state index in [1.165, 1.54) is 0 Å². The highest BCUT2D eigenvalue weighted by Crippen LogP contribution is 2.23. The van der Waals surface area contributed by atoms with Crippen molar-refractivity contribution in [2.45, 2.75) is 26.4 Å². The van der Waals surface area contributed by atoms with Crippen LogP contribution in [0.15, 0.2) is 30.3 Å². The van der Waals surface area contributed by atoms with Crippen molar-refractivity contribution in [2.75, 3.05) is 13.2 Å². The maximum absolute atomic E-state index is 10.0. The first kappa shape index (κ1) is 12.2. The molecule has 0 aliphatic rings. The molecule has 0 bridgehead atoms. The van der Waals surface area contributed by atoms with Crippen LogP contribution >= 0.6 is 0 Å². The summed E-state index contributed by atoms with van der Waals surface area (Å²) < 4.78 is 5.28. The van der Waals surface area contributed by atoms with Gasteiger partial charge in [-0.2, -0.15) is 0 Å². The molecule has 0 aliphatic heterocycles. The number of aliphatic hydroxyl groups is 1. The van der Waals surface area contributed by atoms with Gasteiger partial charge in [0.25, 0.3) is 0 Å². The minimum atomic E-state index is -0.383. The monoisotopic (exact) mass is 208 g/mol. The summed E-state index contributed by atoms with van der Waals surface area (Å²) in [5.41, 5.74) is 0.987. The fraction of sp³-hybridized carbons (Fsp3) is 0.538. The molecule has 0 amide bonds. The molecule has 2 unspecified atom stereocenters. The summed E-state index contributed by atoms with van der Waals surface area (Å²) in [6.45, 7) is 5.50. The van der Waals surface area contributed by atoms with Gasteiger partial charge in [-0.1, -0.05) is 37.3 Å². The van der Waals surface area contributed by atoms with E-state index in [1.54, 1.807) is 0 Å². The molecule has 0 heterocycles. The third-order valence-electron chi connectivity index (χ3n) is 2.60. The lowest BCUT2D eigenvalue weighted by Crippen LogP contribution is -2.11. The Morgan fingerprint density at radius 2 is 1.93 bits per heavy atom. The van der Waals surface area contributed by atoms with Crippen molar-refractivity contribution in [3.05, 3.63) is 35.9 Å². The zero-order valence-electron chi connectivity index (χ0n) is 9.52. The minimum Gasteiger partial charge on any atom is -0.388 e. The molecule has 1 aromatic rings. The lowest BCUT2D eigenvalue weighted by atomic mass is 9.95. The normalized spacial score (nSPS) is 14.9. The highest BCUT2D eigenvalue weighted by atomic mass is 16.5. The highest BCUT2D eigenvalue weighted by molar-refractivity contribution is 5.17. The molecule has 0 aliphatic carbocycles. The van der Waals surface area contributed by atoms with Gasteiger partial charge in [0.1, 0.15) is 0 Å². The summed E-state index contributed by atoms with van der Waals surface area (Å²) in [5.74, 6) is 0.235. The van der Waals surface area contributed by atoms with Gasteiger partial charge in [-0.05, 0) is 24.8 Å². The molecule has 0 saturated carbocycles. The van der Waals surface area contributed by atoms with Crippen LogP contribution in [0.1, 0.15) is 31.9 Å². The molecular weight excluding hydrogens is 188 g/mol. The Morgan fingerprint density at radius 3 is 2.53 bits per heavy atom. The second kappa shape index (κ2) is 6.59. The molecule has 2 atom stereocenters. The fourth-order valence-electron chi connectivity index (χ4n) is 1.55. The zero-order valence-corrected chi connectivity index (χ0v) is 9.52. The summed E-state index contributed by atoms with van der Waals surface area (Å²) in [5, 5.41) is 10.0. The molecule has 2 heteroatoms. The van der Waals surface area contributed by atoms with E-state index in [0.29, 0.717) is 0 Å². The van der Waals surface area contributed by atoms with Crippen molar-refractivity contribution in [2.24, 2.45) is 5.92 Å². The molecule has 0 saturated heterocycles. The average Bonchev–Trinajstić information content (AvgIpc) is 2.29. The zero-order chi connectivity index (χ0) is 11.1. The predicted molar refractivity (Wildman–Crippen MR) is 61.7 cm³/mol. The number of hydrogen-bond donors (Lipinski definition) is 1. The van der Waals surface area contributed by atoms with Crippen molar-refractivity contribution >= 4 is 0 Å². The van der Waals surface area contributed by atoms with E-state index in [9.17, 15) is 5.11 Å². The van der Waals surface area contributed by atoms with Crippen molar-refractivity contribution in [1.29, 1.82) is 0 Å². The van der Waals surface area contributed by atoms with Crippen LogP contribution in [-0.2, 0) is 4.74 Å². The van der Waals surface area contributed by atoms with Crippen molar-refractivity contribution < 1.29 is 9.84 Å². The van der Waals surface area contributed by atoms with Crippen LogP contribution in [0.5, 0.6) is 0 Å². The SMILES string of the molecule is CCOCCC(C)C(O)c1ccccc1. The summed E-state index contributed by atoms with van der Waals surface area (Å²) in [6, 6.07) is 9.78. The first-order valence-electron chi connectivity index (χ1n) is 5.56. The van der Waals surface area contributed by atoms with E-state index in [-0.39, 0.29) is 12.0 Å². The van der Waals surface area contributed by atoms with Gasteiger partial charge in [0, 0.05) is 13.2 Å². The van der Waals surface area contributed by atoms with E-state index in [1.807, 2.05) is 37.3 Å². The number of hydrogen-bond acceptors (Lipinski definition) is 2. The van der Waals surface area contributed by atoms with Gasteiger partial charge >= 0.3 is 0 Å². The van der Waals surface area contributed by atoms with Gasteiger partial charge in [0.05, 0.1) is 6.10 Å². The molecule has 0 fully saturated rings. The Hall–Kier alpha value is -0.860. The lowest BCUT2D eigenvalue weighted by molar-refractivity contribution is 0.0764. The Kier molecular flexibility index (Phi) is 5.37. The van der Waals surface area contributed by atoms with Gasteiger partial charge in [-0.3, -0.25) is 0 Å². The number of ether oxygens (including phenoxy) is 1. The van der Waals surface area contributed by atoms with Crippen molar-refractivity contribution in [1.82, 2.24) is 0 Å². The summed E-state index contributed by atoms with van der Waals surface area (Å²) in [4.78, 5) is 0. The smallest absolute Gasteiger partial charge is 0.0816 e. The van der Waals surface area contributed by atoms with Crippen LogP contribution < -0.4 is 0 Å². The summed E-state index contributed by atoms with van der Waals surface area (Å²) in [7, 11) is 0. The maximum Gasteiger partial charge on any atom is 0.0816 e. The van der Waals surface area contributed by atoms with E-state index in [4.69, 9.17) is 4.74 Å². The van der Waals surface area contributed by atoms with Crippen LogP contribution in [0, 0.1) is 5.92 Å². The van der Waals surface area contributed by atoms with Gasteiger partial charge in [-0.15, -0.1) is 0 Å². The molecule has 2 nitrogen and oxygen atoms in total. The van der Waals surface area contributed by atoms with Crippen molar-refractivity contribution in [3.8, 4) is 0 Å². The molecule has 1 N–H and O–H groups in total. The van der Waals surface area contributed by atoms with Gasteiger partial charge in [0.2, 0.25) is 0 Å². The van der Waals surface area contributed by atoms with E-state index >= 15 is 0 Å². The molecular formula is C13H20O2. The average molecular weight is 208 g/mol. The molecule has 84 valence electrons. The summed E-state index contributed by atoms with van der Waals surface area (Å²) >= 11 is 0. The minimum absolute atomic E-state index is 0.235.